The van der Waals surface area contributed by atoms with Crippen molar-refractivity contribution in [1.82, 2.24) is 14.7 Å². The quantitative estimate of drug-likeness (QED) is 0.0265. The number of sulfonamides is 1. The Hall–Kier alpha value is -5.49. The molecule has 22 heteroatoms. The van der Waals surface area contributed by atoms with Gasteiger partial charge in [0.05, 0.1) is 33.4 Å². The normalized spacial score (nSPS) is 15.3. The number of rotatable bonds is 21. The second-order valence-corrected chi connectivity index (χ2v) is 17.9. The van der Waals surface area contributed by atoms with Crippen molar-refractivity contribution in [3.05, 3.63) is 95.2 Å². The third-order valence-corrected chi connectivity index (χ3v) is 12.7. The molecule has 2 aromatic rings. The van der Waals surface area contributed by atoms with Gasteiger partial charge in [-0.15, -0.1) is 9.40 Å². The van der Waals surface area contributed by atoms with Crippen LogP contribution >= 0.6 is 12.0 Å². The van der Waals surface area contributed by atoms with Crippen molar-refractivity contribution in [3.63, 3.8) is 0 Å². The van der Waals surface area contributed by atoms with Gasteiger partial charge in [0.1, 0.15) is 6.54 Å². The molecule has 0 spiro atoms. The van der Waals surface area contributed by atoms with E-state index in [0.29, 0.717) is 52.0 Å². The Labute approximate surface area is 363 Å². The molecule has 1 aliphatic heterocycles. The Morgan fingerprint density at radius 3 is 2.10 bits per heavy atom. The fraction of sp³-hybridized carbons (Fsp3) is 0.350. The molecule has 0 bridgehead atoms. The maximum absolute atomic E-state index is 12.8. The summed E-state index contributed by atoms with van der Waals surface area (Å²) < 4.78 is 66.0. The van der Waals surface area contributed by atoms with Crippen molar-refractivity contribution >= 4 is 78.6 Å². The summed E-state index contributed by atoms with van der Waals surface area (Å²) in [5, 5.41) is 21.9. The van der Waals surface area contributed by atoms with Gasteiger partial charge in [0.25, 0.3) is 32.0 Å². The zero-order chi connectivity index (χ0) is 45.2. The maximum Gasteiger partial charge on any atom is 0.334 e. The lowest BCUT2D eigenvalue weighted by molar-refractivity contribution is -0.522. The molecule has 0 unspecified atom stereocenters. The van der Waals surface area contributed by atoms with Crippen LogP contribution < -0.4 is 9.62 Å². The molecule has 0 radical (unpaired) electrons. The van der Waals surface area contributed by atoms with Crippen LogP contribution in [-0.4, -0.2) is 122 Å². The molecular weight excluding hydrogens is 869 g/mol. The standard InChI is InChI=1S/C40H46N6O13S3/c1-4-22-45(25-26-60-59-58-51)30-12-8-28(9-13-30)38-39(41)37(40(38)43(3)23-21-36(50)57-46-34(48)18-19-35(46)49)27-6-10-29(11-7-27)44(5-2)24-20-33(47)42-61(52,53)31-14-16-32(17-15-31)62(54,55)56/h6-17,41H,4-5,18-26H2,1-3H3,(H2-,42,47,51,54,55,56)/p+1. The Bertz CT molecular complexity index is 2430. The molecule has 1 heterocycles. The summed E-state index contributed by atoms with van der Waals surface area (Å²) in [6.45, 7) is 6.02. The lowest BCUT2D eigenvalue weighted by Gasteiger charge is -2.37. The minimum absolute atomic E-state index is 0.0284. The molecule has 4 N–H and O–H groups in total. The zero-order valence-corrected chi connectivity index (χ0v) is 36.6. The van der Waals surface area contributed by atoms with Gasteiger partial charge in [-0.3, -0.25) is 24.3 Å². The van der Waals surface area contributed by atoms with Gasteiger partial charge in [-0.05, 0) is 66.6 Å². The minimum Gasteiger partial charge on any atom is -0.373 e. The third kappa shape index (κ3) is 11.7. The number of hydroxylamine groups is 2. The summed E-state index contributed by atoms with van der Waals surface area (Å²) in [4.78, 5) is 57.5. The van der Waals surface area contributed by atoms with E-state index in [1.54, 1.807) is 7.05 Å². The molecule has 2 aromatic carbocycles. The van der Waals surface area contributed by atoms with E-state index in [1.807, 2.05) is 70.0 Å². The number of carbonyl (C=O) groups excluding carboxylic acids is 4. The van der Waals surface area contributed by atoms with Crippen LogP contribution in [0.3, 0.4) is 0 Å². The number of likely N-dealkylation sites (N-methyl/N-ethyl adjacent to an activating group) is 1. The number of carbonyl (C=O) groups is 4. The number of anilines is 1. The number of allylic oxidation sites excluding steroid dienone is 7. The molecule has 62 heavy (non-hydrogen) atoms. The zero-order valence-electron chi connectivity index (χ0n) is 34.1. The smallest absolute Gasteiger partial charge is 0.334 e. The van der Waals surface area contributed by atoms with Gasteiger partial charge in [-0.1, -0.05) is 24.1 Å². The minimum atomic E-state index is -4.54. The number of benzene rings is 2. The molecular formula is C40H47N6O13S3+. The molecule has 0 saturated carbocycles. The number of hydrogen-bond acceptors (Lipinski definition) is 16. The van der Waals surface area contributed by atoms with Crippen LogP contribution in [0.2, 0.25) is 0 Å². The molecule has 3 aliphatic rings. The topological polar surface area (TPSA) is 253 Å². The van der Waals surface area contributed by atoms with Crippen molar-refractivity contribution in [2.24, 2.45) is 0 Å². The number of hydrogen-bond donors (Lipinski definition) is 4. The number of amides is 3. The number of nitrogens with one attached hydrogen (secondary N) is 2. The van der Waals surface area contributed by atoms with Crippen molar-refractivity contribution in [2.75, 3.05) is 50.4 Å². The highest BCUT2D eigenvalue weighted by molar-refractivity contribution is 7.94. The van der Waals surface area contributed by atoms with Gasteiger partial charge in [-0.2, -0.15) is 8.42 Å². The van der Waals surface area contributed by atoms with Crippen molar-refractivity contribution in [1.29, 1.82) is 5.41 Å². The first-order valence-electron chi connectivity index (χ1n) is 19.4. The molecule has 3 amide bonds. The average molecular weight is 916 g/mol. The SMILES string of the molecule is CCC[N+](CCSOOO)=C1C=CC(=C2C(=N)C(c3ccc(N(CC)CCC(=O)NS(=O)(=O)c4ccc(S(=O)(=O)O)cc4)cc3)=C2N(C)CCC(=O)ON2C(=O)CCC2=O)C=C1. The van der Waals surface area contributed by atoms with E-state index in [2.05, 4.69) is 20.9 Å². The van der Waals surface area contributed by atoms with Gasteiger partial charge in [0, 0.05) is 93.4 Å². The molecule has 2 aliphatic carbocycles. The highest BCUT2D eigenvalue weighted by Gasteiger charge is 2.37. The molecule has 1 fully saturated rings. The second kappa shape index (κ2) is 21.1. The first kappa shape index (κ1) is 47.6. The highest BCUT2D eigenvalue weighted by atomic mass is 32.2. The summed E-state index contributed by atoms with van der Waals surface area (Å²) >= 11 is 0.965. The fourth-order valence-corrected chi connectivity index (χ4v) is 8.72. The predicted molar refractivity (Wildman–Crippen MR) is 227 cm³/mol. The van der Waals surface area contributed by atoms with E-state index in [9.17, 15) is 41.4 Å². The lowest BCUT2D eigenvalue weighted by Crippen LogP contribution is -2.36. The van der Waals surface area contributed by atoms with E-state index in [4.69, 9.17) is 14.6 Å². The predicted octanol–water partition coefficient (Wildman–Crippen LogP) is 3.68. The first-order chi connectivity index (χ1) is 29.5. The molecule has 19 nitrogen and oxygen atoms in total. The lowest BCUT2D eigenvalue weighted by atomic mass is 9.77. The van der Waals surface area contributed by atoms with Crippen LogP contribution in [0, 0.1) is 5.41 Å². The number of nitrogens with zero attached hydrogens (tertiary/aromatic N) is 4. The van der Waals surface area contributed by atoms with E-state index < -0.39 is 48.7 Å². The van der Waals surface area contributed by atoms with Gasteiger partial charge >= 0.3 is 5.97 Å². The van der Waals surface area contributed by atoms with Gasteiger partial charge in [-0.25, -0.2) is 27.8 Å². The van der Waals surface area contributed by atoms with Crippen molar-refractivity contribution in [2.45, 2.75) is 55.7 Å². The largest absolute Gasteiger partial charge is 0.373 e. The van der Waals surface area contributed by atoms with Crippen LogP contribution in [0.5, 0.6) is 0 Å². The van der Waals surface area contributed by atoms with Crippen LogP contribution in [0.1, 0.15) is 51.5 Å². The molecule has 1 saturated heterocycles. The van der Waals surface area contributed by atoms with Gasteiger partial charge in [0.15, 0.2) is 12.3 Å². The number of imide groups is 1. The van der Waals surface area contributed by atoms with Gasteiger partial charge in [0.2, 0.25) is 5.91 Å². The third-order valence-electron chi connectivity index (χ3n) is 9.93. The summed E-state index contributed by atoms with van der Waals surface area (Å²) in [5.74, 6) is -2.20. The molecule has 5 rings (SSSR count). The Kier molecular flexibility index (Phi) is 16.1. The molecule has 0 atom stereocenters. The van der Waals surface area contributed by atoms with Gasteiger partial charge < -0.3 is 14.6 Å². The van der Waals surface area contributed by atoms with Crippen molar-refractivity contribution < 1.29 is 64.6 Å². The monoisotopic (exact) mass is 915 g/mol. The highest BCUT2D eigenvalue weighted by Crippen LogP contribution is 2.42. The summed E-state index contributed by atoms with van der Waals surface area (Å²) in [5.41, 5.74) is 5.26. The summed E-state index contributed by atoms with van der Waals surface area (Å²) in [6, 6.07) is 11.0. The van der Waals surface area contributed by atoms with Crippen LogP contribution in [0.4, 0.5) is 5.69 Å². The Morgan fingerprint density at radius 1 is 0.887 bits per heavy atom. The Balaban J connectivity index is 1.35. The summed E-state index contributed by atoms with van der Waals surface area (Å²) in [6.07, 6.45) is 8.17. The Morgan fingerprint density at radius 2 is 1.52 bits per heavy atom. The molecule has 0 aromatic heterocycles. The molecule has 332 valence electrons. The fourth-order valence-electron chi connectivity index (χ4n) is 6.82. The van der Waals surface area contributed by atoms with Crippen LogP contribution in [0.25, 0.3) is 5.57 Å². The van der Waals surface area contributed by atoms with Crippen molar-refractivity contribution in [3.8, 4) is 0 Å². The average Bonchev–Trinajstić information content (AvgIpc) is 3.55. The van der Waals surface area contributed by atoms with E-state index >= 15 is 0 Å². The second-order valence-electron chi connectivity index (χ2n) is 14.0. The maximum atomic E-state index is 12.8. The first-order valence-corrected chi connectivity index (χ1v) is 23.2. The van der Waals surface area contributed by atoms with E-state index in [-0.39, 0.29) is 49.4 Å². The van der Waals surface area contributed by atoms with E-state index in [1.165, 1.54) is 0 Å². The van der Waals surface area contributed by atoms with Crippen LogP contribution in [0.15, 0.2) is 99.5 Å². The summed E-state index contributed by atoms with van der Waals surface area (Å²) in [7, 11) is -7.10. The van der Waals surface area contributed by atoms with E-state index in [0.717, 1.165) is 60.6 Å². The van der Waals surface area contributed by atoms with Crippen LogP contribution in [-0.2, 0) is 53.5 Å².